The molecule has 4 aromatic rings. The van der Waals surface area contributed by atoms with Gasteiger partial charge in [0.2, 0.25) is 0 Å². The Labute approximate surface area is 164 Å². The molecule has 0 saturated heterocycles. The molecular formula is C22H15BrN2O2. The number of halogens is 1. The van der Waals surface area contributed by atoms with Gasteiger partial charge < -0.3 is 9.73 Å². The summed E-state index contributed by atoms with van der Waals surface area (Å²) in [4.78, 5) is 16.7. The summed E-state index contributed by atoms with van der Waals surface area (Å²) in [5, 5.41) is 3.11. The first-order chi connectivity index (χ1) is 13.2. The predicted molar refractivity (Wildman–Crippen MR) is 111 cm³/mol. The van der Waals surface area contributed by atoms with Gasteiger partial charge in [0.1, 0.15) is 5.52 Å². The number of carbonyl (C=O) groups excluding carboxylic acids is 1. The molecule has 0 amide bonds. The van der Waals surface area contributed by atoms with Crippen LogP contribution in [0.15, 0.2) is 87.8 Å². The van der Waals surface area contributed by atoms with Crippen LogP contribution in [0.25, 0.3) is 17.2 Å². The quantitative estimate of drug-likeness (QED) is 0.308. The number of para-hydroxylation sites is 2. The number of allylic oxidation sites excluding steroid dienone is 1. The van der Waals surface area contributed by atoms with Crippen molar-refractivity contribution in [3.8, 4) is 0 Å². The van der Waals surface area contributed by atoms with E-state index in [0.29, 0.717) is 11.6 Å². The Balaban J connectivity index is 1.46. The van der Waals surface area contributed by atoms with Crippen LogP contribution in [0.5, 0.6) is 0 Å². The van der Waals surface area contributed by atoms with E-state index >= 15 is 0 Å². The Kier molecular flexibility index (Phi) is 4.85. The fourth-order valence-corrected chi connectivity index (χ4v) is 3.06. The topological polar surface area (TPSA) is 55.1 Å². The summed E-state index contributed by atoms with van der Waals surface area (Å²) in [5.74, 6) is -0.0563. The van der Waals surface area contributed by atoms with Crippen LogP contribution in [-0.2, 0) is 0 Å². The zero-order chi connectivity index (χ0) is 18.6. The van der Waals surface area contributed by atoms with Gasteiger partial charge in [0.05, 0.1) is 0 Å². The van der Waals surface area contributed by atoms with Crippen molar-refractivity contribution < 1.29 is 9.21 Å². The van der Waals surface area contributed by atoms with E-state index in [1.807, 2.05) is 60.7 Å². The van der Waals surface area contributed by atoms with Crippen LogP contribution in [-0.4, -0.2) is 10.8 Å². The molecule has 0 spiro atoms. The summed E-state index contributed by atoms with van der Waals surface area (Å²) in [5.41, 5.74) is 3.89. The number of anilines is 2. The molecule has 0 fully saturated rings. The van der Waals surface area contributed by atoms with Gasteiger partial charge >= 0.3 is 0 Å². The van der Waals surface area contributed by atoms with Crippen molar-refractivity contribution in [1.29, 1.82) is 0 Å². The summed E-state index contributed by atoms with van der Waals surface area (Å²) in [7, 11) is 0. The lowest BCUT2D eigenvalue weighted by molar-refractivity contribution is 0.104. The Morgan fingerprint density at radius 3 is 2.48 bits per heavy atom. The number of nitrogens with zero attached hydrogens (tertiary/aromatic N) is 1. The van der Waals surface area contributed by atoms with Crippen molar-refractivity contribution in [2.24, 2.45) is 0 Å². The average molecular weight is 419 g/mol. The first-order valence-electron chi connectivity index (χ1n) is 8.39. The highest BCUT2D eigenvalue weighted by molar-refractivity contribution is 9.10. The summed E-state index contributed by atoms with van der Waals surface area (Å²) in [6.07, 6.45) is 3.38. The molecule has 1 N–H and O–H groups in total. The van der Waals surface area contributed by atoms with Crippen molar-refractivity contribution in [2.75, 3.05) is 5.32 Å². The third-order valence-electron chi connectivity index (χ3n) is 4.03. The van der Waals surface area contributed by atoms with E-state index in [4.69, 9.17) is 4.42 Å². The highest BCUT2D eigenvalue weighted by Crippen LogP contribution is 2.22. The minimum atomic E-state index is -0.0563. The lowest BCUT2D eigenvalue weighted by Crippen LogP contribution is -1.95. The van der Waals surface area contributed by atoms with Gasteiger partial charge in [-0.3, -0.25) is 4.79 Å². The van der Waals surface area contributed by atoms with E-state index in [9.17, 15) is 4.79 Å². The van der Waals surface area contributed by atoms with Gasteiger partial charge in [-0.25, -0.2) is 0 Å². The number of oxazole rings is 1. The zero-order valence-electron chi connectivity index (χ0n) is 14.2. The largest absolute Gasteiger partial charge is 0.423 e. The smallest absolute Gasteiger partial charge is 0.300 e. The average Bonchev–Trinajstić information content (AvgIpc) is 3.10. The fraction of sp³-hybridized carbons (Fsp3) is 0. The SMILES string of the molecule is O=C(/C=C/c1ccccc1Br)c1ccc(Nc2nc3ccccc3o2)cc1. The summed E-state index contributed by atoms with van der Waals surface area (Å²) in [6.45, 7) is 0. The van der Waals surface area contributed by atoms with Crippen LogP contribution < -0.4 is 5.32 Å². The summed E-state index contributed by atoms with van der Waals surface area (Å²) in [6, 6.07) is 23.0. The van der Waals surface area contributed by atoms with Crippen molar-refractivity contribution in [3.63, 3.8) is 0 Å². The molecule has 132 valence electrons. The molecule has 0 saturated carbocycles. The zero-order valence-corrected chi connectivity index (χ0v) is 15.8. The fourth-order valence-electron chi connectivity index (χ4n) is 2.64. The summed E-state index contributed by atoms with van der Waals surface area (Å²) < 4.78 is 6.59. The van der Waals surface area contributed by atoms with Crippen LogP contribution in [0, 0.1) is 0 Å². The summed E-state index contributed by atoms with van der Waals surface area (Å²) >= 11 is 3.47. The molecule has 3 aromatic carbocycles. The van der Waals surface area contributed by atoms with E-state index < -0.39 is 0 Å². The predicted octanol–water partition coefficient (Wildman–Crippen LogP) is 6.23. The third kappa shape index (κ3) is 3.99. The van der Waals surface area contributed by atoms with Crippen LogP contribution >= 0.6 is 15.9 Å². The number of ketones is 1. The lowest BCUT2D eigenvalue weighted by Gasteiger charge is -2.02. The van der Waals surface area contributed by atoms with Crippen molar-refractivity contribution in [1.82, 2.24) is 4.98 Å². The molecule has 1 heterocycles. The number of nitrogens with one attached hydrogen (secondary N) is 1. The van der Waals surface area contributed by atoms with E-state index in [0.717, 1.165) is 26.8 Å². The minimum absolute atomic E-state index is 0.0563. The Morgan fingerprint density at radius 1 is 0.963 bits per heavy atom. The van der Waals surface area contributed by atoms with Gasteiger partial charge in [-0.05, 0) is 60.2 Å². The second kappa shape index (κ2) is 7.60. The molecule has 4 rings (SSSR count). The number of benzene rings is 3. The Bertz CT molecular complexity index is 1100. The number of fused-ring (bicyclic) bond motifs is 1. The molecule has 0 bridgehead atoms. The van der Waals surface area contributed by atoms with E-state index in [2.05, 4.69) is 26.2 Å². The highest BCUT2D eigenvalue weighted by atomic mass is 79.9. The number of hydrogen-bond acceptors (Lipinski definition) is 4. The maximum Gasteiger partial charge on any atom is 0.300 e. The molecule has 0 aliphatic heterocycles. The molecule has 0 aliphatic rings. The van der Waals surface area contributed by atoms with Crippen LogP contribution in [0.2, 0.25) is 0 Å². The number of hydrogen-bond donors (Lipinski definition) is 1. The van der Waals surface area contributed by atoms with Crippen molar-refractivity contribution >= 4 is 50.6 Å². The molecular weight excluding hydrogens is 404 g/mol. The first kappa shape index (κ1) is 17.2. The normalized spacial score (nSPS) is 11.1. The maximum absolute atomic E-state index is 12.4. The molecule has 0 unspecified atom stereocenters. The monoisotopic (exact) mass is 418 g/mol. The molecule has 5 heteroatoms. The lowest BCUT2D eigenvalue weighted by atomic mass is 10.1. The van der Waals surface area contributed by atoms with Crippen LogP contribution in [0.4, 0.5) is 11.7 Å². The van der Waals surface area contributed by atoms with Crippen molar-refractivity contribution in [2.45, 2.75) is 0 Å². The number of aromatic nitrogens is 1. The Morgan fingerprint density at radius 2 is 1.70 bits per heavy atom. The van der Waals surface area contributed by atoms with Gasteiger partial charge in [-0.1, -0.05) is 46.3 Å². The first-order valence-corrected chi connectivity index (χ1v) is 9.18. The molecule has 4 nitrogen and oxygen atoms in total. The molecule has 1 aromatic heterocycles. The van der Waals surface area contributed by atoms with Crippen LogP contribution in [0.3, 0.4) is 0 Å². The van der Waals surface area contributed by atoms with Crippen LogP contribution in [0.1, 0.15) is 15.9 Å². The molecule has 0 radical (unpaired) electrons. The minimum Gasteiger partial charge on any atom is -0.423 e. The third-order valence-corrected chi connectivity index (χ3v) is 4.76. The van der Waals surface area contributed by atoms with E-state index in [-0.39, 0.29) is 5.78 Å². The van der Waals surface area contributed by atoms with Gasteiger partial charge in [-0.2, -0.15) is 4.98 Å². The standard InChI is InChI=1S/C22H15BrN2O2/c23-18-6-2-1-5-15(18)11-14-20(26)16-9-12-17(13-10-16)24-22-25-19-7-3-4-8-21(19)27-22/h1-14H,(H,24,25)/b14-11+. The molecule has 0 aliphatic carbocycles. The van der Waals surface area contributed by atoms with Gasteiger partial charge in [0.15, 0.2) is 11.4 Å². The number of rotatable bonds is 5. The number of carbonyl (C=O) groups is 1. The van der Waals surface area contributed by atoms with Crippen molar-refractivity contribution in [3.05, 3.63) is 94.5 Å². The van der Waals surface area contributed by atoms with Gasteiger partial charge in [0.25, 0.3) is 6.01 Å². The second-order valence-electron chi connectivity index (χ2n) is 5.91. The molecule has 27 heavy (non-hydrogen) atoms. The second-order valence-corrected chi connectivity index (χ2v) is 6.76. The Hall–Kier alpha value is -3.18. The van der Waals surface area contributed by atoms with E-state index in [1.54, 1.807) is 24.3 Å². The van der Waals surface area contributed by atoms with E-state index in [1.165, 1.54) is 0 Å². The maximum atomic E-state index is 12.4. The van der Waals surface area contributed by atoms with Gasteiger partial charge in [0, 0.05) is 15.7 Å². The van der Waals surface area contributed by atoms with Gasteiger partial charge in [-0.15, -0.1) is 0 Å². The highest BCUT2D eigenvalue weighted by Gasteiger charge is 2.06. The molecule has 0 atom stereocenters.